The van der Waals surface area contributed by atoms with Gasteiger partial charge in [-0.1, -0.05) is 35.1 Å². The molecular weight excluding hydrogens is 284 g/mol. The van der Waals surface area contributed by atoms with E-state index >= 15 is 0 Å². The van der Waals surface area contributed by atoms with Crippen molar-refractivity contribution in [2.24, 2.45) is 7.05 Å². The number of hydrogen-bond acceptors (Lipinski definition) is 4. The van der Waals surface area contributed by atoms with Crippen molar-refractivity contribution in [2.45, 2.75) is 0 Å². The Kier molecular flexibility index (Phi) is 3.34. The van der Waals surface area contributed by atoms with Crippen LogP contribution >= 0.6 is 0 Å². The first-order valence-electron chi connectivity index (χ1n) is 6.58. The van der Waals surface area contributed by atoms with Crippen LogP contribution in [-0.4, -0.2) is 15.3 Å². The van der Waals surface area contributed by atoms with Gasteiger partial charge >= 0.3 is 11.7 Å². The van der Waals surface area contributed by atoms with Gasteiger partial charge in [-0.15, -0.1) is 0 Å². The number of carbonyl (C=O) groups is 1. The molecule has 0 radical (unpaired) electrons. The third-order valence-corrected chi connectivity index (χ3v) is 3.32. The Bertz CT molecular complexity index is 971. The number of para-hydroxylation sites is 1. The monoisotopic (exact) mass is 296 g/mol. The third kappa shape index (κ3) is 2.20. The fourth-order valence-electron chi connectivity index (χ4n) is 2.17. The number of rotatable bonds is 2. The third-order valence-electron chi connectivity index (χ3n) is 3.32. The van der Waals surface area contributed by atoms with Crippen LogP contribution in [0.25, 0.3) is 10.9 Å². The van der Waals surface area contributed by atoms with Crippen LogP contribution in [0.5, 0.6) is 0 Å². The molecular formula is C16H12N2O4. The summed E-state index contributed by atoms with van der Waals surface area (Å²) in [6.45, 7) is 0. The molecule has 0 aliphatic carbocycles. The molecule has 6 heteroatoms. The molecule has 0 saturated carbocycles. The molecule has 3 aromatic rings. The first kappa shape index (κ1) is 13.8. The minimum Gasteiger partial charge on any atom is -0.323 e. The molecule has 0 aliphatic rings. The summed E-state index contributed by atoms with van der Waals surface area (Å²) in [5.74, 6) is -0.768. The summed E-state index contributed by atoms with van der Waals surface area (Å²) in [6.07, 6.45) is 0. The average Bonchev–Trinajstić information content (AvgIpc) is 2.57. The van der Waals surface area contributed by atoms with Crippen LogP contribution in [0.3, 0.4) is 0 Å². The number of benzene rings is 2. The Hall–Kier alpha value is -3.15. The van der Waals surface area contributed by atoms with Gasteiger partial charge in [0.15, 0.2) is 0 Å². The summed E-state index contributed by atoms with van der Waals surface area (Å²) in [5, 5.41) is 0.297. The lowest BCUT2D eigenvalue weighted by molar-refractivity contribution is 0.0416. The van der Waals surface area contributed by atoms with Crippen molar-refractivity contribution in [1.82, 2.24) is 9.30 Å². The predicted molar refractivity (Wildman–Crippen MR) is 80.8 cm³/mol. The molecule has 0 saturated heterocycles. The van der Waals surface area contributed by atoms with Crippen molar-refractivity contribution in [3.05, 3.63) is 81.0 Å². The molecule has 0 spiro atoms. The van der Waals surface area contributed by atoms with Gasteiger partial charge in [0.25, 0.3) is 5.56 Å². The second-order valence-electron chi connectivity index (χ2n) is 4.70. The summed E-state index contributed by atoms with van der Waals surface area (Å²) in [4.78, 5) is 41.6. The molecule has 0 unspecified atom stereocenters. The molecule has 0 bridgehead atoms. The highest BCUT2D eigenvalue weighted by Gasteiger charge is 2.15. The van der Waals surface area contributed by atoms with Crippen molar-refractivity contribution in [3.8, 4) is 0 Å². The minimum atomic E-state index is -0.768. The fraction of sp³-hybridized carbons (Fsp3) is 0.0625. The van der Waals surface area contributed by atoms with Crippen LogP contribution in [0.15, 0.2) is 64.2 Å². The van der Waals surface area contributed by atoms with Gasteiger partial charge < -0.3 is 4.84 Å². The van der Waals surface area contributed by atoms with Crippen molar-refractivity contribution < 1.29 is 9.63 Å². The highest BCUT2D eigenvalue weighted by atomic mass is 16.7. The van der Waals surface area contributed by atoms with Gasteiger partial charge in [0.05, 0.1) is 16.5 Å². The van der Waals surface area contributed by atoms with E-state index in [1.807, 2.05) is 0 Å². The first-order valence-corrected chi connectivity index (χ1v) is 6.58. The van der Waals surface area contributed by atoms with E-state index in [9.17, 15) is 14.4 Å². The van der Waals surface area contributed by atoms with Gasteiger partial charge in [-0.3, -0.25) is 9.36 Å². The summed E-state index contributed by atoms with van der Waals surface area (Å²) in [5.41, 5.74) is -0.648. The molecule has 22 heavy (non-hydrogen) atoms. The van der Waals surface area contributed by atoms with Crippen molar-refractivity contribution >= 4 is 16.9 Å². The molecule has 0 aliphatic heterocycles. The summed E-state index contributed by atoms with van der Waals surface area (Å²) >= 11 is 0. The van der Waals surface area contributed by atoms with E-state index in [0.29, 0.717) is 15.6 Å². The fourth-order valence-corrected chi connectivity index (χ4v) is 2.17. The van der Waals surface area contributed by atoms with Crippen LogP contribution in [0.1, 0.15) is 10.4 Å². The second-order valence-corrected chi connectivity index (χ2v) is 4.70. The molecule has 3 rings (SSSR count). The zero-order valence-corrected chi connectivity index (χ0v) is 11.7. The van der Waals surface area contributed by atoms with E-state index in [-0.39, 0.29) is 5.56 Å². The largest absolute Gasteiger partial charge is 0.365 e. The first-order chi connectivity index (χ1) is 10.6. The number of aromatic nitrogens is 2. The number of carbonyl (C=O) groups excluding carboxylic acids is 1. The summed E-state index contributed by atoms with van der Waals surface area (Å²) < 4.78 is 1.74. The van der Waals surface area contributed by atoms with Crippen LogP contribution in [0.4, 0.5) is 0 Å². The Balaban J connectivity index is 2.14. The quantitative estimate of drug-likeness (QED) is 0.706. The highest BCUT2D eigenvalue weighted by molar-refractivity contribution is 5.89. The van der Waals surface area contributed by atoms with Crippen LogP contribution in [0, 0.1) is 0 Å². The van der Waals surface area contributed by atoms with Crippen molar-refractivity contribution in [1.29, 1.82) is 0 Å². The van der Waals surface area contributed by atoms with E-state index < -0.39 is 17.2 Å². The topological polar surface area (TPSA) is 70.3 Å². The van der Waals surface area contributed by atoms with Crippen LogP contribution in [-0.2, 0) is 7.05 Å². The van der Waals surface area contributed by atoms with Gasteiger partial charge in [0, 0.05) is 7.05 Å². The van der Waals surface area contributed by atoms with E-state index in [0.717, 1.165) is 0 Å². The average molecular weight is 296 g/mol. The molecule has 1 heterocycles. The van der Waals surface area contributed by atoms with Gasteiger partial charge in [-0.2, -0.15) is 0 Å². The van der Waals surface area contributed by atoms with Crippen LogP contribution in [0.2, 0.25) is 0 Å². The van der Waals surface area contributed by atoms with E-state index in [4.69, 9.17) is 4.84 Å². The Morgan fingerprint density at radius 3 is 2.32 bits per heavy atom. The van der Waals surface area contributed by atoms with E-state index in [2.05, 4.69) is 0 Å². The Morgan fingerprint density at radius 2 is 1.59 bits per heavy atom. The van der Waals surface area contributed by atoms with Gasteiger partial charge in [0.2, 0.25) is 0 Å². The maximum Gasteiger partial charge on any atom is 0.365 e. The Morgan fingerprint density at radius 1 is 0.955 bits per heavy atom. The van der Waals surface area contributed by atoms with E-state index in [1.54, 1.807) is 54.6 Å². The lowest BCUT2D eigenvalue weighted by atomic mass is 10.2. The Labute approximate surface area is 124 Å². The number of aryl methyl sites for hydroxylation is 1. The van der Waals surface area contributed by atoms with Crippen molar-refractivity contribution in [3.63, 3.8) is 0 Å². The number of hydrogen-bond donors (Lipinski definition) is 0. The number of nitrogens with zero attached hydrogens (tertiary/aromatic N) is 2. The SMILES string of the molecule is Cn1c(=O)n(OC(=O)c2ccccc2)c(=O)c2ccccc21. The lowest BCUT2D eigenvalue weighted by Gasteiger charge is -2.10. The smallest absolute Gasteiger partial charge is 0.323 e. The molecule has 0 fully saturated rings. The zero-order valence-electron chi connectivity index (χ0n) is 11.7. The molecule has 0 N–H and O–H groups in total. The van der Waals surface area contributed by atoms with E-state index in [1.165, 1.54) is 11.6 Å². The zero-order chi connectivity index (χ0) is 15.7. The lowest BCUT2D eigenvalue weighted by Crippen LogP contribution is -2.44. The summed E-state index contributed by atoms with van der Waals surface area (Å²) in [7, 11) is 1.51. The maximum atomic E-state index is 12.3. The van der Waals surface area contributed by atoms with Crippen molar-refractivity contribution in [2.75, 3.05) is 0 Å². The van der Waals surface area contributed by atoms with Gasteiger partial charge in [-0.05, 0) is 24.3 Å². The van der Waals surface area contributed by atoms with Gasteiger partial charge in [-0.25, -0.2) is 9.59 Å². The normalized spacial score (nSPS) is 10.6. The molecule has 110 valence electrons. The summed E-state index contributed by atoms with van der Waals surface area (Å²) in [6, 6.07) is 14.8. The van der Waals surface area contributed by atoms with Crippen LogP contribution < -0.4 is 16.1 Å². The predicted octanol–water partition coefficient (Wildman–Crippen LogP) is 0.969. The second kappa shape index (κ2) is 5.33. The van der Waals surface area contributed by atoms with Gasteiger partial charge in [0.1, 0.15) is 0 Å². The minimum absolute atomic E-state index is 0.254. The standard InChI is InChI=1S/C16H12N2O4/c1-17-13-10-6-5-9-12(13)14(19)18(16(17)21)22-15(20)11-7-3-2-4-8-11/h2-10H,1H3. The number of fused-ring (bicyclic) bond motifs is 1. The molecule has 6 nitrogen and oxygen atoms in total. The molecule has 2 aromatic carbocycles. The molecule has 0 amide bonds. The maximum absolute atomic E-state index is 12.3. The molecule has 1 aromatic heterocycles. The highest BCUT2D eigenvalue weighted by Crippen LogP contribution is 2.05. The molecule has 0 atom stereocenters.